The summed E-state index contributed by atoms with van der Waals surface area (Å²) in [6.45, 7) is 0.765. The molecule has 0 aliphatic heterocycles. The summed E-state index contributed by atoms with van der Waals surface area (Å²) in [7, 11) is 1.97. The zero-order chi connectivity index (χ0) is 13.1. The van der Waals surface area contributed by atoms with Crippen molar-refractivity contribution in [2.75, 3.05) is 17.7 Å². The van der Waals surface area contributed by atoms with Crippen LogP contribution in [0.3, 0.4) is 0 Å². The van der Waals surface area contributed by atoms with Crippen LogP contribution in [0.15, 0.2) is 33.4 Å². The standard InChI is InChI=1S/C13H12BrN3S/c1-17(7-9-4-13(14)18-8-9)12-3-2-11(16)5-10(12)6-15/h2-5,8H,7,16H2,1H3. The molecule has 1 aromatic heterocycles. The Morgan fingerprint density at radius 1 is 1.44 bits per heavy atom. The molecule has 0 amide bonds. The molecular formula is C13H12BrN3S. The van der Waals surface area contributed by atoms with Gasteiger partial charge in [-0.1, -0.05) is 0 Å². The molecule has 3 nitrogen and oxygen atoms in total. The number of hydrogen-bond acceptors (Lipinski definition) is 4. The number of hydrogen-bond donors (Lipinski definition) is 1. The van der Waals surface area contributed by atoms with Crippen molar-refractivity contribution >= 4 is 38.6 Å². The van der Waals surface area contributed by atoms with E-state index >= 15 is 0 Å². The summed E-state index contributed by atoms with van der Waals surface area (Å²) in [4.78, 5) is 2.05. The lowest BCUT2D eigenvalue weighted by molar-refractivity contribution is 0.925. The number of nitriles is 1. The quantitative estimate of drug-likeness (QED) is 0.879. The van der Waals surface area contributed by atoms with Crippen LogP contribution in [-0.2, 0) is 6.54 Å². The zero-order valence-corrected chi connectivity index (χ0v) is 12.3. The Kier molecular flexibility index (Phi) is 3.90. The Hall–Kier alpha value is -1.51. The first-order valence-corrected chi connectivity index (χ1v) is 7.01. The van der Waals surface area contributed by atoms with Gasteiger partial charge in [-0.15, -0.1) is 11.3 Å². The summed E-state index contributed by atoms with van der Waals surface area (Å²) in [6, 6.07) is 9.67. The van der Waals surface area contributed by atoms with Crippen molar-refractivity contribution in [2.45, 2.75) is 6.54 Å². The van der Waals surface area contributed by atoms with Crippen LogP contribution < -0.4 is 10.6 Å². The van der Waals surface area contributed by atoms with E-state index in [2.05, 4.69) is 33.4 Å². The van der Waals surface area contributed by atoms with Gasteiger partial charge < -0.3 is 10.6 Å². The molecule has 5 heteroatoms. The Labute approximate surface area is 119 Å². The fourth-order valence-electron chi connectivity index (χ4n) is 1.76. The molecule has 2 N–H and O–H groups in total. The van der Waals surface area contributed by atoms with Gasteiger partial charge in [-0.2, -0.15) is 5.26 Å². The van der Waals surface area contributed by atoms with Crippen molar-refractivity contribution in [1.29, 1.82) is 5.26 Å². The van der Waals surface area contributed by atoms with E-state index in [9.17, 15) is 0 Å². The van der Waals surface area contributed by atoms with Gasteiger partial charge in [0.05, 0.1) is 15.0 Å². The van der Waals surface area contributed by atoms with Crippen LogP contribution in [0.2, 0.25) is 0 Å². The Bertz CT molecular complexity index is 601. The predicted octanol–water partition coefficient (Wildman–Crippen LogP) is 3.60. The van der Waals surface area contributed by atoms with E-state index in [1.165, 1.54) is 5.56 Å². The lowest BCUT2D eigenvalue weighted by atomic mass is 10.1. The van der Waals surface area contributed by atoms with Gasteiger partial charge >= 0.3 is 0 Å². The van der Waals surface area contributed by atoms with Crippen LogP contribution in [0.1, 0.15) is 11.1 Å². The summed E-state index contributed by atoms with van der Waals surface area (Å²) in [6.07, 6.45) is 0. The monoisotopic (exact) mass is 321 g/mol. The van der Waals surface area contributed by atoms with Crippen molar-refractivity contribution in [1.82, 2.24) is 0 Å². The number of rotatable bonds is 3. The number of anilines is 2. The summed E-state index contributed by atoms with van der Waals surface area (Å²) >= 11 is 5.11. The Morgan fingerprint density at radius 2 is 2.22 bits per heavy atom. The highest BCUT2D eigenvalue weighted by atomic mass is 79.9. The maximum atomic E-state index is 9.12. The second-order valence-corrected chi connectivity index (χ2v) is 6.29. The third kappa shape index (κ3) is 2.84. The highest BCUT2D eigenvalue weighted by molar-refractivity contribution is 9.11. The summed E-state index contributed by atoms with van der Waals surface area (Å²) in [5, 5.41) is 11.2. The van der Waals surface area contributed by atoms with Crippen LogP contribution >= 0.6 is 27.3 Å². The molecule has 0 unspecified atom stereocenters. The number of nitrogens with two attached hydrogens (primary N) is 1. The molecular weight excluding hydrogens is 310 g/mol. The maximum Gasteiger partial charge on any atom is 0.101 e. The van der Waals surface area contributed by atoms with Crippen LogP contribution in [-0.4, -0.2) is 7.05 Å². The minimum Gasteiger partial charge on any atom is -0.399 e. The topological polar surface area (TPSA) is 53.0 Å². The number of nitrogen functional groups attached to an aromatic ring is 1. The van der Waals surface area contributed by atoms with E-state index in [-0.39, 0.29) is 0 Å². The number of thiophene rings is 1. The lowest BCUT2D eigenvalue weighted by Crippen LogP contribution is -2.17. The molecule has 0 saturated heterocycles. The average molecular weight is 322 g/mol. The largest absolute Gasteiger partial charge is 0.399 e. The molecule has 1 aromatic carbocycles. The van der Waals surface area contributed by atoms with Crippen molar-refractivity contribution < 1.29 is 0 Å². The highest BCUT2D eigenvalue weighted by Crippen LogP contribution is 2.26. The fourth-order valence-corrected chi connectivity index (χ4v) is 2.96. The molecule has 1 heterocycles. The fraction of sp³-hybridized carbons (Fsp3) is 0.154. The predicted molar refractivity (Wildman–Crippen MR) is 79.7 cm³/mol. The summed E-state index contributed by atoms with van der Waals surface area (Å²) in [5.74, 6) is 0. The van der Waals surface area contributed by atoms with Gasteiger partial charge in [0, 0.05) is 19.3 Å². The lowest BCUT2D eigenvalue weighted by Gasteiger charge is -2.20. The van der Waals surface area contributed by atoms with Gasteiger partial charge in [-0.25, -0.2) is 0 Å². The van der Waals surface area contributed by atoms with Gasteiger partial charge in [0.1, 0.15) is 6.07 Å². The molecule has 0 aliphatic rings. The molecule has 0 atom stereocenters. The SMILES string of the molecule is CN(Cc1csc(Br)c1)c1ccc(N)cc1C#N. The van der Waals surface area contributed by atoms with Crippen LogP contribution in [0, 0.1) is 11.3 Å². The molecule has 0 saturated carbocycles. The molecule has 92 valence electrons. The van der Waals surface area contributed by atoms with E-state index in [1.54, 1.807) is 17.4 Å². The van der Waals surface area contributed by atoms with Gasteiger partial charge in [-0.3, -0.25) is 0 Å². The first-order valence-electron chi connectivity index (χ1n) is 5.34. The molecule has 2 aromatic rings. The summed E-state index contributed by atoms with van der Waals surface area (Å²) in [5.41, 5.74) is 9.02. The first-order chi connectivity index (χ1) is 8.60. The van der Waals surface area contributed by atoms with Crippen LogP contribution in [0.25, 0.3) is 0 Å². The molecule has 0 spiro atoms. The van der Waals surface area contributed by atoms with Gasteiger partial charge in [0.15, 0.2) is 0 Å². The molecule has 2 rings (SSSR count). The van der Waals surface area contributed by atoms with Crippen LogP contribution in [0.5, 0.6) is 0 Å². The third-order valence-corrected chi connectivity index (χ3v) is 4.15. The van der Waals surface area contributed by atoms with E-state index in [0.29, 0.717) is 11.3 Å². The van der Waals surface area contributed by atoms with Gasteiger partial charge in [0.2, 0.25) is 0 Å². The minimum atomic E-state index is 0.604. The minimum absolute atomic E-state index is 0.604. The molecule has 0 bridgehead atoms. The van der Waals surface area contributed by atoms with E-state index in [1.807, 2.05) is 24.1 Å². The Morgan fingerprint density at radius 3 is 2.83 bits per heavy atom. The van der Waals surface area contributed by atoms with Crippen molar-refractivity contribution in [2.24, 2.45) is 0 Å². The van der Waals surface area contributed by atoms with E-state index < -0.39 is 0 Å². The second-order valence-electron chi connectivity index (χ2n) is 4.00. The van der Waals surface area contributed by atoms with E-state index in [0.717, 1.165) is 16.0 Å². The number of benzene rings is 1. The molecule has 0 aliphatic carbocycles. The second kappa shape index (κ2) is 5.42. The summed E-state index contributed by atoms with van der Waals surface area (Å²) < 4.78 is 1.11. The average Bonchev–Trinajstić information content (AvgIpc) is 2.74. The van der Waals surface area contributed by atoms with Crippen LogP contribution in [0.4, 0.5) is 11.4 Å². The molecule has 0 radical (unpaired) electrons. The van der Waals surface area contributed by atoms with Gasteiger partial charge in [0.25, 0.3) is 0 Å². The van der Waals surface area contributed by atoms with Crippen molar-refractivity contribution in [3.63, 3.8) is 0 Å². The van der Waals surface area contributed by atoms with Gasteiger partial charge in [-0.05, 0) is 51.1 Å². The molecule has 18 heavy (non-hydrogen) atoms. The number of nitrogens with zero attached hydrogens (tertiary/aromatic N) is 2. The molecule has 0 fully saturated rings. The highest BCUT2D eigenvalue weighted by Gasteiger charge is 2.09. The normalized spacial score (nSPS) is 10.1. The zero-order valence-electron chi connectivity index (χ0n) is 9.85. The third-order valence-electron chi connectivity index (χ3n) is 2.59. The maximum absolute atomic E-state index is 9.12. The van der Waals surface area contributed by atoms with Crippen molar-refractivity contribution in [3.05, 3.63) is 44.6 Å². The van der Waals surface area contributed by atoms with E-state index in [4.69, 9.17) is 11.0 Å². The Balaban J connectivity index is 2.24. The first kappa shape index (κ1) is 12.9. The van der Waals surface area contributed by atoms with Crippen molar-refractivity contribution in [3.8, 4) is 6.07 Å². The smallest absolute Gasteiger partial charge is 0.101 e. The number of halogens is 1.